The van der Waals surface area contributed by atoms with Gasteiger partial charge in [0.2, 0.25) is 0 Å². The molecule has 8 nitrogen and oxygen atoms in total. The van der Waals surface area contributed by atoms with Gasteiger partial charge in [-0.2, -0.15) is 13.2 Å². The fourth-order valence-corrected chi connectivity index (χ4v) is 5.26. The number of rotatable bonds is 11. The summed E-state index contributed by atoms with van der Waals surface area (Å²) < 4.78 is 79.0. The van der Waals surface area contributed by atoms with Crippen LogP contribution >= 0.6 is 0 Å². The molecule has 0 unspecified atom stereocenters. The van der Waals surface area contributed by atoms with E-state index in [9.17, 15) is 27.6 Å². The molecule has 1 heterocycles. The Morgan fingerprint density at radius 1 is 1.00 bits per heavy atom. The number of carbonyl (C=O) groups is 1. The van der Waals surface area contributed by atoms with Crippen LogP contribution in [0, 0.1) is 18.6 Å². The second-order valence-corrected chi connectivity index (χ2v) is 10.1. The van der Waals surface area contributed by atoms with Crippen LogP contribution < -0.4 is 20.9 Å². The monoisotopic (exact) mass is 631 g/mol. The number of halogens is 5. The lowest BCUT2D eigenvalue weighted by Crippen LogP contribution is -2.42. The van der Waals surface area contributed by atoms with Gasteiger partial charge in [-0.3, -0.25) is 14.2 Å². The largest absolute Gasteiger partial charge is 0.494 e. The minimum absolute atomic E-state index is 0.0209. The fourth-order valence-electron chi connectivity index (χ4n) is 5.26. The highest BCUT2D eigenvalue weighted by molar-refractivity contribution is 5.70. The number of para-hydroxylation sites is 2. The fraction of sp³-hybridized carbons (Fsp3) is 0.281. The average molecular weight is 632 g/mol. The first-order valence-corrected chi connectivity index (χ1v) is 13.9. The molecule has 1 aromatic heterocycles. The Kier molecular flexibility index (Phi) is 9.79. The number of carboxylic acids is 1. The van der Waals surface area contributed by atoms with E-state index in [1.54, 1.807) is 24.0 Å². The molecule has 0 radical (unpaired) electrons. The van der Waals surface area contributed by atoms with E-state index < -0.39 is 52.7 Å². The van der Waals surface area contributed by atoms with Gasteiger partial charge in [-0.25, -0.2) is 18.1 Å². The smallest absolute Gasteiger partial charge is 0.416 e. The number of aromatic nitrogens is 2. The zero-order valence-electron chi connectivity index (χ0n) is 24.6. The van der Waals surface area contributed by atoms with Gasteiger partial charge < -0.3 is 14.7 Å². The standard InChI is InChI=1S/C32H30F5N3O5/c1-4-38(17-9-16-27(41)42)24-13-5-6-14-25(24)40-30(43)28(20-10-7-15-26(45-3)29(20)34)19(2)39(31(40)44)18-21-22(32(35,36)37)11-8-12-23(21)33/h5-8,10-15H,4,9,16-18H2,1-3H3,(H,41,42). The zero-order chi connectivity index (χ0) is 33.1. The average Bonchev–Trinajstić information content (AvgIpc) is 2.98. The van der Waals surface area contributed by atoms with Crippen molar-refractivity contribution in [2.45, 2.75) is 39.4 Å². The number of methoxy groups -OCH3 is 1. The number of hydrogen-bond donors (Lipinski definition) is 1. The summed E-state index contributed by atoms with van der Waals surface area (Å²) in [6.07, 6.45) is -4.87. The van der Waals surface area contributed by atoms with Crippen molar-refractivity contribution in [3.63, 3.8) is 0 Å². The zero-order valence-corrected chi connectivity index (χ0v) is 24.6. The van der Waals surface area contributed by atoms with Gasteiger partial charge in [-0.05, 0) is 50.6 Å². The number of benzene rings is 3. The van der Waals surface area contributed by atoms with E-state index >= 15 is 8.78 Å². The van der Waals surface area contributed by atoms with Crippen LogP contribution in [0.1, 0.15) is 36.6 Å². The molecule has 0 saturated heterocycles. The molecule has 0 bridgehead atoms. The second kappa shape index (κ2) is 13.4. The van der Waals surface area contributed by atoms with Crippen LogP contribution in [0.25, 0.3) is 16.8 Å². The first-order valence-electron chi connectivity index (χ1n) is 13.9. The maximum absolute atomic E-state index is 15.6. The van der Waals surface area contributed by atoms with E-state index in [1.165, 1.54) is 44.4 Å². The van der Waals surface area contributed by atoms with Crippen molar-refractivity contribution in [3.8, 4) is 22.6 Å². The van der Waals surface area contributed by atoms with E-state index in [1.807, 2.05) is 0 Å². The number of anilines is 1. The van der Waals surface area contributed by atoms with Gasteiger partial charge in [0.15, 0.2) is 11.6 Å². The van der Waals surface area contributed by atoms with Crippen LogP contribution in [0.2, 0.25) is 0 Å². The number of nitrogens with zero attached hydrogens (tertiary/aromatic N) is 3. The summed E-state index contributed by atoms with van der Waals surface area (Å²) in [5.41, 5.74) is -4.67. The van der Waals surface area contributed by atoms with E-state index in [0.29, 0.717) is 22.9 Å². The SMILES string of the molecule is CCN(CCCC(=O)O)c1ccccc1-n1c(=O)c(-c2cccc(OC)c2F)c(C)n(Cc2c(F)cccc2C(F)(F)F)c1=O. The van der Waals surface area contributed by atoms with E-state index in [-0.39, 0.29) is 47.6 Å². The molecular weight excluding hydrogens is 601 g/mol. The third-order valence-corrected chi connectivity index (χ3v) is 7.46. The van der Waals surface area contributed by atoms with Gasteiger partial charge in [0, 0.05) is 36.3 Å². The molecule has 0 atom stereocenters. The Bertz CT molecular complexity index is 1850. The minimum atomic E-state index is -4.96. The maximum Gasteiger partial charge on any atom is 0.416 e. The van der Waals surface area contributed by atoms with Crippen LogP contribution in [0.15, 0.2) is 70.3 Å². The summed E-state index contributed by atoms with van der Waals surface area (Å²) in [6.45, 7) is 2.69. The topological polar surface area (TPSA) is 93.8 Å². The second-order valence-electron chi connectivity index (χ2n) is 10.1. The third-order valence-electron chi connectivity index (χ3n) is 7.46. The van der Waals surface area contributed by atoms with Crippen LogP contribution in [0.5, 0.6) is 5.75 Å². The Hall–Kier alpha value is -4.94. The van der Waals surface area contributed by atoms with Gasteiger partial charge >= 0.3 is 17.8 Å². The van der Waals surface area contributed by atoms with E-state index in [2.05, 4.69) is 0 Å². The quantitative estimate of drug-likeness (QED) is 0.204. The molecule has 13 heteroatoms. The maximum atomic E-state index is 15.6. The van der Waals surface area contributed by atoms with E-state index in [4.69, 9.17) is 9.84 Å². The van der Waals surface area contributed by atoms with Crippen molar-refractivity contribution >= 4 is 11.7 Å². The highest BCUT2D eigenvalue weighted by Gasteiger charge is 2.35. The van der Waals surface area contributed by atoms with Crippen LogP contribution in [-0.2, 0) is 17.5 Å². The van der Waals surface area contributed by atoms with E-state index in [0.717, 1.165) is 16.7 Å². The molecule has 0 amide bonds. The van der Waals surface area contributed by atoms with Crippen LogP contribution in [0.3, 0.4) is 0 Å². The Labute approximate surface area is 254 Å². The summed E-state index contributed by atoms with van der Waals surface area (Å²) in [6, 6.07) is 12.6. The minimum Gasteiger partial charge on any atom is -0.494 e. The summed E-state index contributed by atoms with van der Waals surface area (Å²) in [5, 5.41) is 9.10. The number of hydrogen-bond acceptors (Lipinski definition) is 5. The van der Waals surface area contributed by atoms with Gasteiger partial charge in [-0.1, -0.05) is 30.3 Å². The highest BCUT2D eigenvalue weighted by Crippen LogP contribution is 2.34. The first-order chi connectivity index (χ1) is 21.3. The highest BCUT2D eigenvalue weighted by atomic mass is 19.4. The molecule has 0 fully saturated rings. The van der Waals surface area contributed by atoms with Crippen molar-refractivity contribution in [1.82, 2.24) is 9.13 Å². The Morgan fingerprint density at radius 3 is 2.33 bits per heavy atom. The van der Waals surface area contributed by atoms with Crippen molar-refractivity contribution in [3.05, 3.63) is 110 Å². The normalized spacial score (nSPS) is 11.5. The predicted octanol–water partition coefficient (Wildman–Crippen LogP) is 6.02. The molecule has 238 valence electrons. The number of carboxylic acid groups (broad SMARTS) is 1. The van der Waals surface area contributed by atoms with Crippen molar-refractivity contribution in [2.75, 3.05) is 25.1 Å². The van der Waals surface area contributed by atoms with Gasteiger partial charge in [0.1, 0.15) is 5.82 Å². The molecule has 0 aliphatic heterocycles. The summed E-state index contributed by atoms with van der Waals surface area (Å²) >= 11 is 0. The molecular formula is C32H30F5N3O5. The molecule has 0 spiro atoms. The lowest BCUT2D eigenvalue weighted by molar-refractivity contribution is -0.138. The molecule has 1 N–H and O–H groups in total. The molecule has 0 aliphatic carbocycles. The van der Waals surface area contributed by atoms with Gasteiger partial charge in [-0.15, -0.1) is 0 Å². The van der Waals surface area contributed by atoms with Gasteiger partial charge in [0.25, 0.3) is 5.56 Å². The summed E-state index contributed by atoms with van der Waals surface area (Å²) in [4.78, 5) is 41.2. The van der Waals surface area contributed by atoms with Crippen molar-refractivity contribution in [2.24, 2.45) is 0 Å². The number of ether oxygens (including phenoxy) is 1. The molecule has 45 heavy (non-hydrogen) atoms. The van der Waals surface area contributed by atoms with Crippen LogP contribution in [-0.4, -0.2) is 40.4 Å². The van der Waals surface area contributed by atoms with Crippen molar-refractivity contribution in [1.29, 1.82) is 0 Å². The summed E-state index contributed by atoms with van der Waals surface area (Å²) in [7, 11) is 1.21. The number of aliphatic carboxylic acids is 1. The molecule has 4 rings (SSSR count). The molecule has 0 aliphatic rings. The number of alkyl halides is 3. The Balaban J connectivity index is 2.08. The molecule has 0 saturated carbocycles. The lowest BCUT2D eigenvalue weighted by atomic mass is 10.0. The molecule has 3 aromatic carbocycles. The van der Waals surface area contributed by atoms with Crippen LogP contribution in [0.4, 0.5) is 27.6 Å². The molecule has 4 aromatic rings. The van der Waals surface area contributed by atoms with Crippen molar-refractivity contribution < 1.29 is 36.6 Å². The summed E-state index contributed by atoms with van der Waals surface area (Å²) in [5.74, 6) is -3.40. The lowest BCUT2D eigenvalue weighted by Gasteiger charge is -2.27. The Morgan fingerprint density at radius 2 is 1.69 bits per heavy atom. The predicted molar refractivity (Wildman–Crippen MR) is 158 cm³/mol. The first kappa shape index (κ1) is 33.0. The van der Waals surface area contributed by atoms with Gasteiger partial charge in [0.05, 0.1) is 36.2 Å². The third kappa shape index (κ3) is 6.61.